The zero-order valence-electron chi connectivity index (χ0n) is 20.7. The number of carbonyl (C=O) groups excluding carboxylic acids is 2. The Hall–Kier alpha value is -3.36. The number of likely N-dealkylation sites (N-methyl/N-ethyl adjacent to an activating group) is 1. The molecule has 0 saturated carbocycles. The maximum Gasteiger partial charge on any atom is 0.238 e. The van der Waals surface area contributed by atoms with Crippen LogP contribution in [0.3, 0.4) is 0 Å². The van der Waals surface area contributed by atoms with Gasteiger partial charge in [-0.05, 0) is 57.0 Å². The summed E-state index contributed by atoms with van der Waals surface area (Å²) in [4.78, 5) is 28.2. The van der Waals surface area contributed by atoms with Crippen molar-refractivity contribution >= 4 is 28.8 Å². The Morgan fingerprint density at radius 2 is 1.63 bits per heavy atom. The number of ether oxygens (including phenoxy) is 2. The van der Waals surface area contributed by atoms with Crippen LogP contribution in [-0.2, 0) is 9.59 Å². The minimum Gasteiger partial charge on any atom is -0.490 e. The highest BCUT2D eigenvalue weighted by Crippen LogP contribution is 2.30. The standard InChI is InChI=1S/C27H33N3O4S/c1-5-33-22-14-13-21(16-23(22)34-6-2)28-25(31)17-30(4)18-26(32)29-27(24-8-7-15-35-24)20-11-9-19(3)10-12-20/h7-16,27H,5-6,17-18H2,1-4H3,(H,28,31)(H,29,32). The van der Waals surface area contributed by atoms with Crippen LogP contribution in [0.5, 0.6) is 11.5 Å². The van der Waals surface area contributed by atoms with Gasteiger partial charge in [-0.1, -0.05) is 35.9 Å². The third-order valence-electron chi connectivity index (χ3n) is 5.20. The Balaban J connectivity index is 1.57. The van der Waals surface area contributed by atoms with E-state index in [-0.39, 0.29) is 30.9 Å². The lowest BCUT2D eigenvalue weighted by Gasteiger charge is -2.21. The van der Waals surface area contributed by atoms with Gasteiger partial charge in [-0.2, -0.15) is 0 Å². The number of nitrogens with one attached hydrogen (secondary N) is 2. The molecule has 2 amide bonds. The molecule has 1 atom stereocenters. The summed E-state index contributed by atoms with van der Waals surface area (Å²) in [6.45, 7) is 7.00. The van der Waals surface area contributed by atoms with Gasteiger partial charge in [0.25, 0.3) is 0 Å². The molecule has 1 aromatic heterocycles. The largest absolute Gasteiger partial charge is 0.490 e. The lowest BCUT2D eigenvalue weighted by Crippen LogP contribution is -2.40. The second-order valence-electron chi connectivity index (χ2n) is 8.17. The smallest absolute Gasteiger partial charge is 0.238 e. The highest BCUT2D eigenvalue weighted by molar-refractivity contribution is 7.10. The van der Waals surface area contributed by atoms with Crippen LogP contribution in [0.4, 0.5) is 5.69 Å². The third kappa shape index (κ3) is 7.83. The van der Waals surface area contributed by atoms with Gasteiger partial charge in [0.05, 0.1) is 32.3 Å². The van der Waals surface area contributed by atoms with Crippen molar-refractivity contribution in [1.82, 2.24) is 10.2 Å². The molecule has 0 radical (unpaired) electrons. The van der Waals surface area contributed by atoms with Crippen molar-refractivity contribution in [2.45, 2.75) is 26.8 Å². The van der Waals surface area contributed by atoms with Crippen LogP contribution in [0.15, 0.2) is 60.0 Å². The van der Waals surface area contributed by atoms with E-state index in [0.717, 1.165) is 16.0 Å². The monoisotopic (exact) mass is 495 g/mol. The Morgan fingerprint density at radius 1 is 0.943 bits per heavy atom. The van der Waals surface area contributed by atoms with E-state index in [1.54, 1.807) is 41.5 Å². The Kier molecular flexibility index (Phi) is 9.69. The Bertz CT molecular complexity index is 1100. The maximum absolute atomic E-state index is 12.8. The molecular formula is C27H33N3O4S. The molecule has 3 rings (SSSR count). The summed E-state index contributed by atoms with van der Waals surface area (Å²) in [5, 5.41) is 7.98. The van der Waals surface area contributed by atoms with Crippen LogP contribution < -0.4 is 20.1 Å². The van der Waals surface area contributed by atoms with Crippen LogP contribution >= 0.6 is 11.3 Å². The molecule has 0 aliphatic rings. The van der Waals surface area contributed by atoms with Crippen LogP contribution in [-0.4, -0.2) is 50.1 Å². The van der Waals surface area contributed by atoms with Crippen molar-refractivity contribution < 1.29 is 19.1 Å². The lowest BCUT2D eigenvalue weighted by atomic mass is 10.0. The van der Waals surface area contributed by atoms with Gasteiger partial charge in [0.2, 0.25) is 11.8 Å². The summed E-state index contributed by atoms with van der Waals surface area (Å²) in [5.41, 5.74) is 2.79. The zero-order valence-corrected chi connectivity index (χ0v) is 21.5. The number of rotatable bonds is 12. The summed E-state index contributed by atoms with van der Waals surface area (Å²) in [7, 11) is 1.75. The average molecular weight is 496 g/mol. The van der Waals surface area contributed by atoms with Crippen LogP contribution in [0.25, 0.3) is 0 Å². The van der Waals surface area contributed by atoms with Crippen molar-refractivity contribution in [2.75, 3.05) is 38.7 Å². The predicted octanol–water partition coefficient (Wildman–Crippen LogP) is 4.63. The molecule has 186 valence electrons. The molecule has 0 aliphatic carbocycles. The number of amides is 2. The van der Waals surface area contributed by atoms with E-state index in [1.165, 1.54) is 0 Å². The summed E-state index contributed by atoms with van der Waals surface area (Å²) >= 11 is 1.60. The first-order valence-electron chi connectivity index (χ1n) is 11.7. The number of aryl methyl sites for hydroxylation is 1. The molecule has 2 aromatic carbocycles. The van der Waals surface area contributed by atoms with Crippen LogP contribution in [0.1, 0.15) is 35.9 Å². The fourth-order valence-corrected chi connectivity index (χ4v) is 4.42. The van der Waals surface area contributed by atoms with E-state index in [0.29, 0.717) is 30.4 Å². The third-order valence-corrected chi connectivity index (χ3v) is 6.14. The molecule has 35 heavy (non-hydrogen) atoms. The van der Waals surface area contributed by atoms with E-state index >= 15 is 0 Å². The van der Waals surface area contributed by atoms with Gasteiger partial charge in [-0.15, -0.1) is 11.3 Å². The minimum absolute atomic E-state index is 0.0683. The highest BCUT2D eigenvalue weighted by atomic mass is 32.1. The van der Waals surface area contributed by atoms with Gasteiger partial charge in [0, 0.05) is 16.6 Å². The van der Waals surface area contributed by atoms with Gasteiger partial charge < -0.3 is 20.1 Å². The molecule has 1 unspecified atom stereocenters. The van der Waals surface area contributed by atoms with Crippen LogP contribution in [0, 0.1) is 6.92 Å². The topological polar surface area (TPSA) is 79.9 Å². The van der Waals surface area contributed by atoms with Gasteiger partial charge in [0.15, 0.2) is 11.5 Å². The SMILES string of the molecule is CCOc1ccc(NC(=O)CN(C)CC(=O)NC(c2ccc(C)cc2)c2cccs2)cc1OCC. The maximum atomic E-state index is 12.8. The first-order valence-corrected chi connectivity index (χ1v) is 12.5. The number of thiophene rings is 1. The summed E-state index contributed by atoms with van der Waals surface area (Å²) in [6.07, 6.45) is 0. The normalized spacial score (nSPS) is 11.7. The quantitative estimate of drug-likeness (QED) is 0.383. The summed E-state index contributed by atoms with van der Waals surface area (Å²) in [6, 6.07) is 17.2. The molecule has 2 N–H and O–H groups in total. The van der Waals surface area contributed by atoms with E-state index in [1.807, 2.05) is 62.5 Å². The number of hydrogen-bond donors (Lipinski definition) is 2. The molecular weight excluding hydrogens is 462 g/mol. The van der Waals surface area contributed by atoms with Crippen LogP contribution in [0.2, 0.25) is 0 Å². The highest BCUT2D eigenvalue weighted by Gasteiger charge is 2.19. The predicted molar refractivity (Wildman–Crippen MR) is 140 cm³/mol. The zero-order chi connectivity index (χ0) is 25.2. The van der Waals surface area contributed by atoms with Crippen molar-refractivity contribution in [3.63, 3.8) is 0 Å². The van der Waals surface area contributed by atoms with E-state index < -0.39 is 0 Å². The molecule has 1 heterocycles. The lowest BCUT2D eigenvalue weighted by molar-refractivity contribution is -0.123. The second kappa shape index (κ2) is 12.9. The van der Waals surface area contributed by atoms with Crippen molar-refractivity contribution in [3.05, 3.63) is 76.0 Å². The number of anilines is 1. The molecule has 0 fully saturated rings. The fourth-order valence-electron chi connectivity index (χ4n) is 3.62. The molecule has 8 heteroatoms. The summed E-state index contributed by atoms with van der Waals surface area (Å²) < 4.78 is 11.2. The van der Waals surface area contributed by atoms with E-state index in [2.05, 4.69) is 10.6 Å². The fraction of sp³-hybridized carbons (Fsp3) is 0.333. The van der Waals surface area contributed by atoms with Gasteiger partial charge in [0.1, 0.15) is 0 Å². The molecule has 0 saturated heterocycles. The van der Waals surface area contributed by atoms with Gasteiger partial charge in [-0.3, -0.25) is 14.5 Å². The average Bonchev–Trinajstić information content (AvgIpc) is 3.34. The molecule has 7 nitrogen and oxygen atoms in total. The number of hydrogen-bond acceptors (Lipinski definition) is 6. The second-order valence-corrected chi connectivity index (χ2v) is 9.15. The van der Waals surface area contributed by atoms with Crippen molar-refractivity contribution in [2.24, 2.45) is 0 Å². The molecule has 3 aromatic rings. The van der Waals surface area contributed by atoms with E-state index in [9.17, 15) is 9.59 Å². The Labute approximate surface area is 211 Å². The van der Waals surface area contributed by atoms with Gasteiger partial charge in [-0.25, -0.2) is 0 Å². The Morgan fingerprint density at radius 3 is 2.29 bits per heavy atom. The molecule has 0 aliphatic heterocycles. The van der Waals surface area contributed by atoms with E-state index in [4.69, 9.17) is 9.47 Å². The first-order chi connectivity index (χ1) is 16.9. The first kappa shape index (κ1) is 26.2. The van der Waals surface area contributed by atoms with Crippen molar-refractivity contribution in [1.29, 1.82) is 0 Å². The number of benzene rings is 2. The summed E-state index contributed by atoms with van der Waals surface area (Å²) in [5.74, 6) is 0.838. The van der Waals surface area contributed by atoms with Crippen molar-refractivity contribution in [3.8, 4) is 11.5 Å². The number of carbonyl (C=O) groups is 2. The molecule has 0 spiro atoms. The minimum atomic E-state index is -0.230. The molecule has 0 bridgehead atoms. The number of nitrogens with zero attached hydrogens (tertiary/aromatic N) is 1. The van der Waals surface area contributed by atoms with Gasteiger partial charge >= 0.3 is 0 Å².